The molecule has 0 atom stereocenters. The Kier molecular flexibility index (Phi) is 6.01. The standard InChI is InChI=1S/C19H27N7OS/c1-28-22-17-6-10-26(21-17)19(27)25-13-11-23(12-14-25)15-16-5-4-7-20-18(16)24-8-2-3-9-24/h4-7,10H,2-3,8-9,11-15H2,1H3,(H,21,22). The second-order valence-electron chi connectivity index (χ2n) is 7.18. The molecule has 2 aliphatic heterocycles. The molecule has 9 heteroatoms. The third kappa shape index (κ3) is 4.25. The van der Waals surface area contributed by atoms with Gasteiger partial charge in [0, 0.05) is 76.1 Å². The Morgan fingerprint density at radius 2 is 1.93 bits per heavy atom. The normalized spacial score (nSPS) is 17.9. The highest BCUT2D eigenvalue weighted by Gasteiger charge is 2.24. The molecule has 2 fully saturated rings. The monoisotopic (exact) mass is 401 g/mol. The second-order valence-corrected chi connectivity index (χ2v) is 7.79. The topological polar surface area (TPSA) is 69.5 Å². The Morgan fingerprint density at radius 1 is 1.14 bits per heavy atom. The first-order valence-corrected chi connectivity index (χ1v) is 11.0. The molecule has 0 radical (unpaired) electrons. The van der Waals surface area contributed by atoms with Gasteiger partial charge in [-0.25, -0.2) is 9.78 Å². The quantitative estimate of drug-likeness (QED) is 0.771. The molecule has 2 aliphatic rings. The molecule has 1 amide bonds. The molecule has 4 heterocycles. The molecule has 0 aromatic carbocycles. The molecule has 1 N–H and O–H groups in total. The van der Waals surface area contributed by atoms with E-state index in [0.29, 0.717) is 18.9 Å². The molecule has 0 aliphatic carbocycles. The zero-order chi connectivity index (χ0) is 19.3. The van der Waals surface area contributed by atoms with Crippen molar-refractivity contribution in [2.24, 2.45) is 0 Å². The van der Waals surface area contributed by atoms with Crippen molar-refractivity contribution in [2.75, 3.05) is 55.1 Å². The summed E-state index contributed by atoms with van der Waals surface area (Å²) in [6, 6.07) is 5.95. The van der Waals surface area contributed by atoms with E-state index in [1.165, 1.54) is 35.0 Å². The van der Waals surface area contributed by atoms with Gasteiger partial charge in [-0.15, -0.1) is 5.10 Å². The summed E-state index contributed by atoms with van der Waals surface area (Å²) < 4.78 is 4.46. The largest absolute Gasteiger partial charge is 0.356 e. The molecule has 4 rings (SSSR count). The fourth-order valence-corrected chi connectivity index (χ4v) is 4.16. The predicted octanol–water partition coefficient (Wildman–Crippen LogP) is 2.35. The van der Waals surface area contributed by atoms with Crippen molar-refractivity contribution in [2.45, 2.75) is 19.4 Å². The molecule has 0 spiro atoms. The molecular formula is C19H27N7OS. The van der Waals surface area contributed by atoms with Crippen molar-refractivity contribution in [3.05, 3.63) is 36.2 Å². The van der Waals surface area contributed by atoms with Gasteiger partial charge in [0.2, 0.25) is 0 Å². The van der Waals surface area contributed by atoms with Crippen LogP contribution in [0, 0.1) is 0 Å². The Hall–Kier alpha value is -2.26. The maximum atomic E-state index is 12.7. The first-order chi connectivity index (χ1) is 13.7. The Morgan fingerprint density at radius 3 is 2.68 bits per heavy atom. The van der Waals surface area contributed by atoms with Crippen molar-refractivity contribution in [3.63, 3.8) is 0 Å². The lowest BCUT2D eigenvalue weighted by Crippen LogP contribution is -2.49. The number of nitrogens with zero attached hydrogens (tertiary/aromatic N) is 6. The lowest BCUT2D eigenvalue weighted by atomic mass is 10.2. The van der Waals surface area contributed by atoms with Crippen LogP contribution < -0.4 is 9.62 Å². The van der Waals surface area contributed by atoms with Crippen LogP contribution in [-0.4, -0.2) is 76.1 Å². The van der Waals surface area contributed by atoms with Crippen LogP contribution in [0.2, 0.25) is 0 Å². The number of amides is 1. The number of rotatable bonds is 5. The summed E-state index contributed by atoms with van der Waals surface area (Å²) in [7, 11) is 0. The summed E-state index contributed by atoms with van der Waals surface area (Å²) in [4.78, 5) is 24.0. The lowest BCUT2D eigenvalue weighted by Gasteiger charge is -2.35. The van der Waals surface area contributed by atoms with Crippen molar-refractivity contribution in [3.8, 4) is 0 Å². The van der Waals surface area contributed by atoms with Gasteiger partial charge < -0.3 is 14.5 Å². The number of nitrogens with one attached hydrogen (secondary N) is 1. The van der Waals surface area contributed by atoms with E-state index in [-0.39, 0.29) is 6.03 Å². The summed E-state index contributed by atoms with van der Waals surface area (Å²) >= 11 is 1.46. The Labute approximate surface area is 170 Å². The minimum atomic E-state index is -0.0621. The number of hydrogen-bond donors (Lipinski definition) is 1. The number of aromatic nitrogens is 3. The van der Waals surface area contributed by atoms with E-state index in [4.69, 9.17) is 0 Å². The minimum absolute atomic E-state index is 0.0621. The fourth-order valence-electron chi connectivity index (χ4n) is 3.84. The molecular weight excluding hydrogens is 374 g/mol. The van der Waals surface area contributed by atoms with Crippen LogP contribution in [0.3, 0.4) is 0 Å². The van der Waals surface area contributed by atoms with Crippen LogP contribution in [-0.2, 0) is 6.54 Å². The average molecular weight is 402 g/mol. The average Bonchev–Trinajstić information content (AvgIpc) is 3.41. The highest BCUT2D eigenvalue weighted by molar-refractivity contribution is 7.99. The smallest absolute Gasteiger partial charge is 0.344 e. The van der Waals surface area contributed by atoms with E-state index in [1.54, 1.807) is 6.20 Å². The zero-order valence-electron chi connectivity index (χ0n) is 16.3. The van der Waals surface area contributed by atoms with Gasteiger partial charge in [0.05, 0.1) is 0 Å². The predicted molar refractivity (Wildman–Crippen MR) is 113 cm³/mol. The summed E-state index contributed by atoms with van der Waals surface area (Å²) in [5, 5.41) is 4.28. The second kappa shape index (κ2) is 8.83. The number of pyridine rings is 1. The van der Waals surface area contributed by atoms with Gasteiger partial charge in [-0.1, -0.05) is 18.0 Å². The van der Waals surface area contributed by atoms with Crippen LogP contribution in [0.5, 0.6) is 0 Å². The van der Waals surface area contributed by atoms with E-state index in [9.17, 15) is 4.79 Å². The number of carbonyl (C=O) groups excluding carboxylic acids is 1. The molecule has 2 saturated heterocycles. The summed E-state index contributed by atoms with van der Waals surface area (Å²) in [6.07, 6.45) is 8.03. The van der Waals surface area contributed by atoms with Gasteiger partial charge in [-0.3, -0.25) is 4.90 Å². The number of anilines is 2. The third-order valence-corrected chi connectivity index (χ3v) is 5.71. The molecule has 0 saturated carbocycles. The maximum Gasteiger partial charge on any atom is 0.344 e. The van der Waals surface area contributed by atoms with Crippen molar-refractivity contribution in [1.29, 1.82) is 0 Å². The summed E-state index contributed by atoms with van der Waals surface area (Å²) in [6.45, 7) is 6.22. The Bertz CT molecular complexity index is 797. The molecule has 2 aromatic heterocycles. The van der Waals surface area contributed by atoms with E-state index < -0.39 is 0 Å². The first kappa shape index (κ1) is 19.1. The van der Waals surface area contributed by atoms with Gasteiger partial charge in [-0.05, 0) is 18.9 Å². The van der Waals surface area contributed by atoms with E-state index in [0.717, 1.165) is 38.5 Å². The van der Waals surface area contributed by atoms with Crippen LogP contribution in [0.15, 0.2) is 30.6 Å². The van der Waals surface area contributed by atoms with Gasteiger partial charge >= 0.3 is 6.03 Å². The molecule has 8 nitrogen and oxygen atoms in total. The molecule has 28 heavy (non-hydrogen) atoms. The van der Waals surface area contributed by atoms with Crippen LogP contribution in [0.4, 0.5) is 16.4 Å². The molecule has 0 bridgehead atoms. The molecule has 2 aromatic rings. The van der Waals surface area contributed by atoms with Crippen LogP contribution in [0.1, 0.15) is 18.4 Å². The van der Waals surface area contributed by atoms with Gasteiger partial charge in [0.15, 0.2) is 5.82 Å². The van der Waals surface area contributed by atoms with Crippen LogP contribution in [0.25, 0.3) is 0 Å². The molecule has 150 valence electrons. The maximum absolute atomic E-state index is 12.7. The van der Waals surface area contributed by atoms with Gasteiger partial charge in [0.1, 0.15) is 5.82 Å². The van der Waals surface area contributed by atoms with E-state index >= 15 is 0 Å². The third-order valence-electron chi connectivity index (χ3n) is 5.30. The summed E-state index contributed by atoms with van der Waals surface area (Å²) in [5.74, 6) is 1.83. The number of hydrogen-bond acceptors (Lipinski definition) is 7. The van der Waals surface area contributed by atoms with Crippen molar-refractivity contribution < 1.29 is 4.79 Å². The van der Waals surface area contributed by atoms with Gasteiger partial charge in [0.25, 0.3) is 0 Å². The van der Waals surface area contributed by atoms with Gasteiger partial charge in [-0.2, -0.15) is 4.68 Å². The highest BCUT2D eigenvalue weighted by atomic mass is 32.2. The van der Waals surface area contributed by atoms with E-state index in [2.05, 4.69) is 30.7 Å². The van der Waals surface area contributed by atoms with Crippen molar-refractivity contribution in [1.82, 2.24) is 24.6 Å². The number of carbonyl (C=O) groups is 1. The molecule has 0 unspecified atom stereocenters. The SMILES string of the molecule is CSNc1ccn(C(=O)N2CCN(Cc3cccnc3N3CCCC3)CC2)n1. The summed E-state index contributed by atoms with van der Waals surface area (Å²) in [5.41, 5.74) is 1.28. The lowest BCUT2D eigenvalue weighted by molar-refractivity contribution is 0.134. The fraction of sp³-hybridized carbons (Fsp3) is 0.526. The zero-order valence-corrected chi connectivity index (χ0v) is 17.1. The first-order valence-electron chi connectivity index (χ1n) is 9.80. The highest BCUT2D eigenvalue weighted by Crippen LogP contribution is 2.23. The van der Waals surface area contributed by atoms with Crippen LogP contribution >= 0.6 is 11.9 Å². The van der Waals surface area contributed by atoms with Crippen molar-refractivity contribution >= 4 is 29.6 Å². The van der Waals surface area contributed by atoms with E-state index in [1.807, 2.05) is 29.5 Å². The number of piperazine rings is 1. The minimum Gasteiger partial charge on any atom is -0.356 e. The Balaban J connectivity index is 1.34.